The molecular weight excluding hydrogens is 526 g/mol. The molecular formula is C26H41N5O7S. The maximum absolute atomic E-state index is 12.2. The van der Waals surface area contributed by atoms with Crippen LogP contribution in [-0.2, 0) is 41.4 Å². The van der Waals surface area contributed by atoms with Gasteiger partial charge in [0.05, 0.1) is 32.1 Å². The minimum atomic E-state index is -0.411. The number of fused-ring (bicyclic) bond motifs is 1. The molecule has 2 aliphatic carbocycles. The largest absolute Gasteiger partial charge is 0.510 e. The predicted octanol–water partition coefficient (Wildman–Crippen LogP) is 1.17. The number of carbonyl (C=O) groups is 3. The average Bonchev–Trinajstić information content (AvgIpc) is 3.69. The van der Waals surface area contributed by atoms with Crippen LogP contribution in [0, 0.1) is 0 Å². The lowest BCUT2D eigenvalue weighted by atomic mass is 9.98. The Bertz CT molecular complexity index is 993. The SMILES string of the molecule is CCCN[C@H]1CCc2nc(NC(=O)COCC(=O)N(C)CC(=O)NCCOCCOCC(O)=C3CC3)sc2C1. The molecule has 2 aliphatic rings. The van der Waals surface area contributed by atoms with Crippen LogP contribution in [0.1, 0.15) is 43.2 Å². The third-order valence-corrected chi connectivity index (χ3v) is 7.26. The first-order valence-corrected chi connectivity index (χ1v) is 14.3. The fraction of sp³-hybridized carbons (Fsp3) is 0.692. The summed E-state index contributed by atoms with van der Waals surface area (Å²) >= 11 is 1.48. The minimum Gasteiger partial charge on any atom is -0.510 e. The van der Waals surface area contributed by atoms with E-state index in [0.717, 1.165) is 56.3 Å². The number of hydrogen-bond acceptors (Lipinski definition) is 10. The van der Waals surface area contributed by atoms with Gasteiger partial charge in [0.2, 0.25) is 11.8 Å². The summed E-state index contributed by atoms with van der Waals surface area (Å²) < 4.78 is 15.9. The zero-order valence-electron chi connectivity index (χ0n) is 22.9. The van der Waals surface area contributed by atoms with Crippen LogP contribution in [-0.4, -0.2) is 105 Å². The number of aliphatic hydroxyl groups excluding tert-OH is 1. The standard InChI is InChI=1S/C26H41N5O7S/c1-3-8-27-19-6-7-20-22(13-19)39-26(29-20)30-24(34)16-38-17-25(35)31(2)14-23(33)28-9-10-36-11-12-37-15-21(32)18-4-5-18/h19,27,32H,3-17H2,1-2H3,(H,28,33)(H,29,30,34)/t19-/m0/s1. The molecule has 1 saturated carbocycles. The molecule has 1 heterocycles. The van der Waals surface area contributed by atoms with E-state index in [1.54, 1.807) is 0 Å². The summed E-state index contributed by atoms with van der Waals surface area (Å²) in [6, 6.07) is 0.449. The van der Waals surface area contributed by atoms with Gasteiger partial charge in [-0.2, -0.15) is 0 Å². The topological polar surface area (TPSA) is 151 Å². The van der Waals surface area contributed by atoms with Crippen molar-refractivity contribution in [3.8, 4) is 0 Å². The molecule has 3 amide bonds. The van der Waals surface area contributed by atoms with Crippen LogP contribution >= 0.6 is 11.3 Å². The molecule has 0 aromatic carbocycles. The molecule has 0 radical (unpaired) electrons. The van der Waals surface area contributed by atoms with Gasteiger partial charge in [0.25, 0.3) is 5.91 Å². The number of nitrogens with zero attached hydrogens (tertiary/aromatic N) is 2. The monoisotopic (exact) mass is 567 g/mol. The number of allylic oxidation sites excluding steroid dienone is 1. The van der Waals surface area contributed by atoms with Crippen LogP contribution in [0.25, 0.3) is 0 Å². The van der Waals surface area contributed by atoms with Gasteiger partial charge in [-0.05, 0) is 50.6 Å². The Kier molecular flexibility index (Phi) is 13.1. The van der Waals surface area contributed by atoms with Crippen LogP contribution in [0.2, 0.25) is 0 Å². The Labute approximate surface area is 233 Å². The van der Waals surface area contributed by atoms with Crippen molar-refractivity contribution >= 4 is 34.2 Å². The molecule has 218 valence electrons. The van der Waals surface area contributed by atoms with Crippen molar-refractivity contribution in [2.45, 2.75) is 51.5 Å². The van der Waals surface area contributed by atoms with Crippen molar-refractivity contribution in [2.24, 2.45) is 0 Å². The zero-order valence-corrected chi connectivity index (χ0v) is 23.7. The molecule has 1 aromatic heterocycles. The lowest BCUT2D eigenvalue weighted by Gasteiger charge is -2.21. The number of carbonyl (C=O) groups excluding carboxylic acids is 3. The van der Waals surface area contributed by atoms with Gasteiger partial charge in [0.1, 0.15) is 25.6 Å². The maximum Gasteiger partial charge on any atom is 0.252 e. The van der Waals surface area contributed by atoms with Gasteiger partial charge >= 0.3 is 0 Å². The number of hydrogen-bond donors (Lipinski definition) is 4. The quantitative estimate of drug-likeness (QED) is 0.151. The Hall–Kier alpha value is -2.58. The highest BCUT2D eigenvalue weighted by Gasteiger charge is 2.23. The zero-order chi connectivity index (χ0) is 28.0. The second-order valence-electron chi connectivity index (χ2n) is 9.64. The number of ether oxygens (including phenoxy) is 3. The smallest absolute Gasteiger partial charge is 0.252 e. The molecule has 3 rings (SSSR count). The summed E-state index contributed by atoms with van der Waals surface area (Å²) in [6.45, 7) is 3.91. The van der Waals surface area contributed by atoms with Gasteiger partial charge in [-0.3, -0.25) is 19.7 Å². The number of amides is 3. The molecule has 0 spiro atoms. The molecule has 39 heavy (non-hydrogen) atoms. The lowest BCUT2D eigenvalue weighted by Crippen LogP contribution is -2.41. The Balaban J connectivity index is 1.20. The van der Waals surface area contributed by atoms with Gasteiger partial charge < -0.3 is 34.9 Å². The van der Waals surface area contributed by atoms with E-state index >= 15 is 0 Å². The normalized spacial score (nSPS) is 15.9. The molecule has 4 N–H and O–H groups in total. The summed E-state index contributed by atoms with van der Waals surface area (Å²) in [7, 11) is 1.49. The number of anilines is 1. The van der Waals surface area contributed by atoms with Gasteiger partial charge in [0, 0.05) is 24.5 Å². The van der Waals surface area contributed by atoms with E-state index in [-0.39, 0.29) is 38.2 Å². The van der Waals surface area contributed by atoms with E-state index in [0.29, 0.717) is 43.3 Å². The average molecular weight is 568 g/mol. The highest BCUT2D eigenvalue weighted by molar-refractivity contribution is 7.15. The summed E-state index contributed by atoms with van der Waals surface area (Å²) in [5, 5.41) is 19.1. The molecule has 0 aliphatic heterocycles. The van der Waals surface area contributed by atoms with Crippen LogP contribution in [0.4, 0.5) is 5.13 Å². The molecule has 1 atom stereocenters. The van der Waals surface area contributed by atoms with Gasteiger partial charge in [-0.15, -0.1) is 11.3 Å². The molecule has 0 bridgehead atoms. The minimum absolute atomic E-state index is 0.135. The molecule has 0 saturated heterocycles. The van der Waals surface area contributed by atoms with Crippen molar-refractivity contribution in [1.82, 2.24) is 20.5 Å². The molecule has 1 aromatic rings. The Morgan fingerprint density at radius 3 is 2.59 bits per heavy atom. The van der Waals surface area contributed by atoms with E-state index in [4.69, 9.17) is 14.2 Å². The van der Waals surface area contributed by atoms with Crippen LogP contribution < -0.4 is 16.0 Å². The summed E-state index contributed by atoms with van der Waals surface area (Å²) in [5.41, 5.74) is 2.09. The third kappa shape index (κ3) is 11.6. The number of likely N-dealkylation sites (N-methyl/N-ethyl adjacent to an activating group) is 1. The fourth-order valence-electron chi connectivity index (χ4n) is 3.91. The van der Waals surface area contributed by atoms with E-state index in [1.807, 2.05) is 0 Å². The number of rotatable bonds is 18. The number of aryl methyl sites for hydroxylation is 1. The molecule has 0 unspecified atom stereocenters. The predicted molar refractivity (Wildman–Crippen MR) is 147 cm³/mol. The first-order valence-electron chi connectivity index (χ1n) is 13.5. The number of aromatic nitrogens is 1. The first kappa shape index (κ1) is 31.0. The van der Waals surface area contributed by atoms with E-state index in [1.165, 1.54) is 28.2 Å². The van der Waals surface area contributed by atoms with E-state index in [9.17, 15) is 19.5 Å². The fourth-order valence-corrected chi connectivity index (χ4v) is 5.02. The number of nitrogens with one attached hydrogen (secondary N) is 3. The summed E-state index contributed by atoms with van der Waals surface area (Å²) in [5.74, 6) is -0.801. The highest BCUT2D eigenvalue weighted by atomic mass is 32.1. The second kappa shape index (κ2) is 16.5. The second-order valence-corrected chi connectivity index (χ2v) is 10.7. The van der Waals surface area contributed by atoms with Crippen LogP contribution in [0.3, 0.4) is 0 Å². The van der Waals surface area contributed by atoms with Crippen LogP contribution in [0.15, 0.2) is 11.3 Å². The first-order chi connectivity index (χ1) is 18.9. The van der Waals surface area contributed by atoms with Crippen molar-refractivity contribution in [3.63, 3.8) is 0 Å². The van der Waals surface area contributed by atoms with Gasteiger partial charge in [-0.1, -0.05) is 6.92 Å². The van der Waals surface area contributed by atoms with Crippen molar-refractivity contribution < 1.29 is 33.7 Å². The van der Waals surface area contributed by atoms with Gasteiger partial charge in [-0.25, -0.2) is 4.98 Å². The van der Waals surface area contributed by atoms with E-state index in [2.05, 4.69) is 27.9 Å². The summed E-state index contributed by atoms with van der Waals surface area (Å²) in [6.07, 6.45) is 5.84. The Morgan fingerprint density at radius 2 is 1.82 bits per heavy atom. The number of aliphatic hydroxyl groups is 1. The van der Waals surface area contributed by atoms with Gasteiger partial charge in [0.15, 0.2) is 5.13 Å². The molecule has 13 heteroatoms. The summed E-state index contributed by atoms with van der Waals surface area (Å²) in [4.78, 5) is 43.5. The number of thiazole rings is 1. The highest BCUT2D eigenvalue weighted by Crippen LogP contribution is 2.30. The Morgan fingerprint density at radius 1 is 1.03 bits per heavy atom. The van der Waals surface area contributed by atoms with Crippen molar-refractivity contribution in [2.75, 3.05) is 71.6 Å². The third-order valence-electron chi connectivity index (χ3n) is 6.22. The van der Waals surface area contributed by atoms with Crippen LogP contribution in [0.5, 0.6) is 0 Å². The molecule has 12 nitrogen and oxygen atoms in total. The lowest BCUT2D eigenvalue weighted by molar-refractivity contribution is -0.139. The maximum atomic E-state index is 12.2. The van der Waals surface area contributed by atoms with Crippen molar-refractivity contribution in [3.05, 3.63) is 21.9 Å². The molecule has 1 fully saturated rings. The van der Waals surface area contributed by atoms with Crippen molar-refractivity contribution in [1.29, 1.82) is 0 Å². The van der Waals surface area contributed by atoms with E-state index < -0.39 is 5.91 Å².